The number of rotatable bonds is 8. The standard InChI is InChI=1S/C14H27NO4/c1-3-14(18,4-2)11-15-8-5-12(6-9-15)19-10-7-13(16)17/h12,18H,3-11H2,1-2H3,(H,16,17). The van der Waals surface area contributed by atoms with E-state index in [-0.39, 0.29) is 12.5 Å². The lowest BCUT2D eigenvalue weighted by Crippen LogP contribution is -2.46. The number of likely N-dealkylation sites (tertiary alicyclic amines) is 1. The largest absolute Gasteiger partial charge is 0.481 e. The normalized spacial score (nSPS) is 18.7. The fourth-order valence-corrected chi connectivity index (χ4v) is 2.44. The molecule has 2 N–H and O–H groups in total. The van der Waals surface area contributed by atoms with Gasteiger partial charge in [0.1, 0.15) is 0 Å². The van der Waals surface area contributed by atoms with Gasteiger partial charge in [-0.2, -0.15) is 0 Å². The van der Waals surface area contributed by atoms with Crippen molar-refractivity contribution in [2.75, 3.05) is 26.2 Å². The van der Waals surface area contributed by atoms with Gasteiger partial charge in [0.05, 0.1) is 24.7 Å². The van der Waals surface area contributed by atoms with Gasteiger partial charge in [-0.1, -0.05) is 13.8 Å². The Balaban J connectivity index is 2.23. The highest BCUT2D eigenvalue weighted by Crippen LogP contribution is 2.20. The summed E-state index contributed by atoms with van der Waals surface area (Å²) in [7, 11) is 0. The molecule has 0 aromatic carbocycles. The Labute approximate surface area is 115 Å². The number of aliphatic hydroxyl groups is 1. The monoisotopic (exact) mass is 273 g/mol. The van der Waals surface area contributed by atoms with E-state index in [1.165, 1.54) is 0 Å². The summed E-state index contributed by atoms with van der Waals surface area (Å²) in [6.45, 7) is 6.90. The molecule has 1 aliphatic heterocycles. The minimum Gasteiger partial charge on any atom is -0.481 e. The minimum atomic E-state index is -0.812. The number of ether oxygens (including phenoxy) is 1. The fraction of sp³-hybridized carbons (Fsp3) is 0.929. The molecule has 0 unspecified atom stereocenters. The third-order valence-corrected chi connectivity index (χ3v) is 4.04. The van der Waals surface area contributed by atoms with E-state index in [2.05, 4.69) is 4.90 Å². The first-order valence-corrected chi connectivity index (χ1v) is 7.27. The van der Waals surface area contributed by atoms with E-state index in [9.17, 15) is 9.90 Å². The van der Waals surface area contributed by atoms with Gasteiger partial charge in [-0.05, 0) is 25.7 Å². The maximum absolute atomic E-state index is 10.4. The molecular weight excluding hydrogens is 246 g/mol. The maximum atomic E-state index is 10.4. The van der Waals surface area contributed by atoms with Crippen LogP contribution in [0.1, 0.15) is 46.0 Å². The van der Waals surface area contributed by atoms with E-state index in [1.54, 1.807) is 0 Å². The zero-order valence-corrected chi connectivity index (χ0v) is 12.1. The molecule has 1 fully saturated rings. The number of carboxylic acids is 1. The second-order valence-electron chi connectivity index (χ2n) is 5.42. The highest BCUT2D eigenvalue weighted by molar-refractivity contribution is 5.66. The van der Waals surface area contributed by atoms with Gasteiger partial charge >= 0.3 is 5.97 Å². The fourth-order valence-electron chi connectivity index (χ4n) is 2.44. The van der Waals surface area contributed by atoms with E-state index >= 15 is 0 Å². The van der Waals surface area contributed by atoms with Crippen LogP contribution in [-0.4, -0.2) is 59.0 Å². The van der Waals surface area contributed by atoms with Crippen molar-refractivity contribution in [1.29, 1.82) is 0 Å². The van der Waals surface area contributed by atoms with Crippen LogP contribution in [0, 0.1) is 0 Å². The molecule has 1 rings (SSSR count). The molecule has 0 saturated carbocycles. The number of carboxylic acid groups (broad SMARTS) is 1. The van der Waals surface area contributed by atoms with Crippen molar-refractivity contribution in [3.63, 3.8) is 0 Å². The molecular formula is C14H27NO4. The Bertz CT molecular complexity index is 271. The second kappa shape index (κ2) is 7.82. The average Bonchev–Trinajstić information content (AvgIpc) is 2.40. The lowest BCUT2D eigenvalue weighted by atomic mass is 9.95. The van der Waals surface area contributed by atoms with Gasteiger partial charge in [0.25, 0.3) is 0 Å². The first-order valence-electron chi connectivity index (χ1n) is 7.27. The molecule has 19 heavy (non-hydrogen) atoms. The Kier molecular flexibility index (Phi) is 6.75. The quantitative estimate of drug-likeness (QED) is 0.701. The number of hydrogen-bond donors (Lipinski definition) is 2. The van der Waals surface area contributed by atoms with Crippen molar-refractivity contribution in [3.8, 4) is 0 Å². The summed E-state index contributed by atoms with van der Waals surface area (Å²) in [4.78, 5) is 12.7. The lowest BCUT2D eigenvalue weighted by Gasteiger charge is -2.37. The van der Waals surface area contributed by atoms with E-state index in [4.69, 9.17) is 9.84 Å². The van der Waals surface area contributed by atoms with Gasteiger partial charge in [0.15, 0.2) is 0 Å². The van der Waals surface area contributed by atoms with Gasteiger partial charge in [-0.15, -0.1) is 0 Å². The average molecular weight is 273 g/mol. The van der Waals surface area contributed by atoms with Crippen molar-refractivity contribution in [3.05, 3.63) is 0 Å². The molecule has 0 aromatic rings. The van der Waals surface area contributed by atoms with Crippen LogP contribution in [0.2, 0.25) is 0 Å². The molecule has 1 aliphatic rings. The number of carbonyl (C=O) groups is 1. The number of piperidine rings is 1. The van der Waals surface area contributed by atoms with Crippen LogP contribution < -0.4 is 0 Å². The topological polar surface area (TPSA) is 70.0 Å². The molecule has 0 amide bonds. The lowest BCUT2D eigenvalue weighted by molar-refractivity contribution is -0.139. The Hall–Kier alpha value is -0.650. The molecule has 0 radical (unpaired) electrons. The van der Waals surface area contributed by atoms with Gasteiger partial charge in [-0.25, -0.2) is 0 Å². The number of nitrogens with zero attached hydrogens (tertiary/aromatic N) is 1. The Morgan fingerprint density at radius 3 is 2.37 bits per heavy atom. The zero-order valence-electron chi connectivity index (χ0n) is 12.1. The third kappa shape index (κ3) is 5.89. The Morgan fingerprint density at radius 1 is 1.32 bits per heavy atom. The summed E-state index contributed by atoms with van der Waals surface area (Å²) in [5.41, 5.74) is -0.572. The number of β-amino-alcohol motifs (C(OH)–C–C–N with tert-alkyl or cyclic N) is 1. The van der Waals surface area contributed by atoms with E-state index in [0.29, 0.717) is 6.61 Å². The van der Waals surface area contributed by atoms with Gasteiger partial charge < -0.3 is 19.8 Å². The third-order valence-electron chi connectivity index (χ3n) is 4.04. The molecule has 0 aromatic heterocycles. The van der Waals surface area contributed by atoms with Crippen LogP contribution >= 0.6 is 0 Å². The molecule has 5 heteroatoms. The van der Waals surface area contributed by atoms with Crippen LogP contribution in [-0.2, 0) is 9.53 Å². The first kappa shape index (κ1) is 16.4. The predicted molar refractivity (Wildman–Crippen MR) is 73.2 cm³/mol. The van der Waals surface area contributed by atoms with Crippen molar-refractivity contribution < 1.29 is 19.7 Å². The van der Waals surface area contributed by atoms with E-state index < -0.39 is 11.6 Å². The molecule has 5 nitrogen and oxygen atoms in total. The Morgan fingerprint density at radius 2 is 1.89 bits per heavy atom. The van der Waals surface area contributed by atoms with Crippen molar-refractivity contribution >= 4 is 5.97 Å². The van der Waals surface area contributed by atoms with E-state index in [1.807, 2.05) is 13.8 Å². The van der Waals surface area contributed by atoms with Crippen LogP contribution in [0.4, 0.5) is 0 Å². The second-order valence-corrected chi connectivity index (χ2v) is 5.42. The smallest absolute Gasteiger partial charge is 0.305 e. The number of hydrogen-bond acceptors (Lipinski definition) is 4. The van der Waals surface area contributed by atoms with Gasteiger partial charge in [-0.3, -0.25) is 4.79 Å². The maximum Gasteiger partial charge on any atom is 0.305 e. The molecule has 0 aliphatic carbocycles. The molecule has 0 bridgehead atoms. The molecule has 1 saturated heterocycles. The predicted octanol–water partition coefficient (Wildman–Crippen LogP) is 1.49. The minimum absolute atomic E-state index is 0.0750. The molecule has 112 valence electrons. The summed E-state index contributed by atoms with van der Waals surface area (Å²) in [6.07, 6.45) is 3.64. The molecule has 0 spiro atoms. The van der Waals surface area contributed by atoms with E-state index in [0.717, 1.165) is 45.3 Å². The first-order chi connectivity index (χ1) is 8.99. The van der Waals surface area contributed by atoms with Crippen LogP contribution in [0.15, 0.2) is 0 Å². The van der Waals surface area contributed by atoms with Crippen molar-refractivity contribution in [2.24, 2.45) is 0 Å². The molecule has 1 heterocycles. The number of aliphatic carboxylic acids is 1. The van der Waals surface area contributed by atoms with Crippen LogP contribution in [0.25, 0.3) is 0 Å². The van der Waals surface area contributed by atoms with Crippen LogP contribution in [0.5, 0.6) is 0 Å². The SMILES string of the molecule is CCC(O)(CC)CN1CCC(OCCC(=O)O)CC1. The summed E-state index contributed by atoms with van der Waals surface area (Å²) in [5, 5.41) is 18.9. The van der Waals surface area contributed by atoms with Crippen LogP contribution in [0.3, 0.4) is 0 Å². The van der Waals surface area contributed by atoms with Crippen molar-refractivity contribution in [1.82, 2.24) is 4.90 Å². The summed E-state index contributed by atoms with van der Waals surface area (Å²) < 4.78 is 5.55. The summed E-state index contributed by atoms with van der Waals surface area (Å²) in [5.74, 6) is -0.812. The van der Waals surface area contributed by atoms with Gasteiger partial charge in [0, 0.05) is 19.6 Å². The summed E-state index contributed by atoms with van der Waals surface area (Å²) >= 11 is 0. The zero-order chi connectivity index (χ0) is 14.3. The highest BCUT2D eigenvalue weighted by Gasteiger charge is 2.28. The van der Waals surface area contributed by atoms with Crippen molar-refractivity contribution in [2.45, 2.75) is 57.7 Å². The molecule has 0 atom stereocenters. The van der Waals surface area contributed by atoms with Gasteiger partial charge in [0.2, 0.25) is 0 Å². The summed E-state index contributed by atoms with van der Waals surface area (Å²) in [6, 6.07) is 0. The highest BCUT2D eigenvalue weighted by atomic mass is 16.5.